The fourth-order valence-corrected chi connectivity index (χ4v) is 1.45. The SMILES string of the molecule is CCOC(=O)C(F)P(=O)(OC)OC. The molecule has 0 N–H and O–H groups in total. The van der Waals surface area contributed by atoms with Crippen molar-refractivity contribution in [3.63, 3.8) is 0 Å². The number of rotatable bonds is 5. The summed E-state index contributed by atoms with van der Waals surface area (Å²) >= 11 is 0. The van der Waals surface area contributed by atoms with Crippen molar-refractivity contribution in [2.45, 2.75) is 12.8 Å². The fourth-order valence-electron chi connectivity index (χ4n) is 0.600. The summed E-state index contributed by atoms with van der Waals surface area (Å²) in [4.78, 5) is 10.8. The number of carbonyl (C=O) groups is 1. The molecule has 0 aromatic carbocycles. The maximum absolute atomic E-state index is 13.0. The smallest absolute Gasteiger partial charge is 0.375 e. The summed E-state index contributed by atoms with van der Waals surface area (Å²) in [6.07, 6.45) is 0. The van der Waals surface area contributed by atoms with Crippen molar-refractivity contribution in [1.29, 1.82) is 0 Å². The number of hydrogen-bond donors (Lipinski definition) is 0. The van der Waals surface area contributed by atoms with Crippen molar-refractivity contribution in [2.75, 3.05) is 20.8 Å². The maximum atomic E-state index is 13.0. The predicted molar refractivity (Wildman–Crippen MR) is 43.2 cm³/mol. The van der Waals surface area contributed by atoms with Gasteiger partial charge in [-0.1, -0.05) is 0 Å². The van der Waals surface area contributed by atoms with Crippen LogP contribution < -0.4 is 0 Å². The van der Waals surface area contributed by atoms with Crippen molar-refractivity contribution >= 4 is 13.6 Å². The first kappa shape index (κ1) is 12.6. The molecule has 0 radical (unpaired) electrons. The van der Waals surface area contributed by atoms with Crippen LogP contribution in [0.4, 0.5) is 4.39 Å². The van der Waals surface area contributed by atoms with Gasteiger partial charge >= 0.3 is 13.6 Å². The Kier molecular flexibility index (Phi) is 5.13. The van der Waals surface area contributed by atoms with E-state index in [2.05, 4.69) is 13.8 Å². The van der Waals surface area contributed by atoms with Crippen LogP contribution in [0.1, 0.15) is 6.92 Å². The number of halogens is 1. The van der Waals surface area contributed by atoms with Crippen molar-refractivity contribution in [2.24, 2.45) is 0 Å². The van der Waals surface area contributed by atoms with Crippen molar-refractivity contribution in [1.82, 2.24) is 0 Å². The highest BCUT2D eigenvalue weighted by Gasteiger charge is 2.41. The molecule has 0 amide bonds. The molecule has 1 unspecified atom stereocenters. The first-order valence-corrected chi connectivity index (χ1v) is 5.15. The zero-order valence-corrected chi connectivity index (χ0v) is 8.55. The lowest BCUT2D eigenvalue weighted by molar-refractivity contribution is -0.146. The topological polar surface area (TPSA) is 61.8 Å². The summed E-state index contributed by atoms with van der Waals surface area (Å²) in [6, 6.07) is 0. The molecule has 0 fully saturated rings. The number of ether oxygens (including phenoxy) is 1. The van der Waals surface area contributed by atoms with Gasteiger partial charge in [0.25, 0.3) is 5.91 Å². The van der Waals surface area contributed by atoms with Gasteiger partial charge in [-0.3, -0.25) is 4.57 Å². The third kappa shape index (κ3) is 3.06. The third-order valence-electron chi connectivity index (χ3n) is 1.27. The molecular formula is C6H12FO5P. The molecule has 0 heterocycles. The van der Waals surface area contributed by atoms with Gasteiger partial charge in [-0.15, -0.1) is 0 Å². The van der Waals surface area contributed by atoms with Crippen LogP contribution in [-0.4, -0.2) is 32.7 Å². The van der Waals surface area contributed by atoms with Crippen molar-refractivity contribution in [3.8, 4) is 0 Å². The van der Waals surface area contributed by atoms with Crippen LogP contribution in [-0.2, 0) is 23.1 Å². The Morgan fingerprint density at radius 2 is 1.92 bits per heavy atom. The second kappa shape index (κ2) is 5.32. The first-order chi connectivity index (χ1) is 6.01. The summed E-state index contributed by atoms with van der Waals surface area (Å²) in [5.41, 5.74) is 0. The lowest BCUT2D eigenvalue weighted by atomic mass is 10.7. The molecule has 0 aliphatic rings. The molecule has 7 heteroatoms. The second-order valence-corrected chi connectivity index (χ2v) is 4.26. The van der Waals surface area contributed by atoms with E-state index in [-0.39, 0.29) is 6.61 Å². The largest absolute Gasteiger partial charge is 0.463 e. The fraction of sp³-hybridized carbons (Fsp3) is 0.833. The highest BCUT2D eigenvalue weighted by atomic mass is 31.2. The molecule has 0 aromatic heterocycles. The van der Waals surface area contributed by atoms with Crippen LogP contribution >= 0.6 is 7.60 Å². The van der Waals surface area contributed by atoms with Crippen LogP contribution in [0, 0.1) is 0 Å². The molecule has 0 aliphatic carbocycles. The molecule has 0 rings (SSSR count). The van der Waals surface area contributed by atoms with Crippen LogP contribution in [0.25, 0.3) is 0 Å². The van der Waals surface area contributed by atoms with E-state index in [1.54, 1.807) is 0 Å². The standard InChI is InChI=1S/C6H12FO5P/c1-4-12-6(8)5(7)13(9,10-2)11-3/h5H,4H2,1-3H3. The van der Waals surface area contributed by atoms with E-state index in [1.165, 1.54) is 6.92 Å². The van der Waals surface area contributed by atoms with E-state index in [1.807, 2.05) is 0 Å². The summed E-state index contributed by atoms with van der Waals surface area (Å²) in [7, 11) is -2.01. The summed E-state index contributed by atoms with van der Waals surface area (Å²) in [6.45, 7) is 1.52. The van der Waals surface area contributed by atoms with Crippen LogP contribution in [0.15, 0.2) is 0 Å². The first-order valence-electron chi connectivity index (χ1n) is 3.53. The Hall–Kier alpha value is -0.450. The molecular weight excluding hydrogens is 202 g/mol. The molecule has 13 heavy (non-hydrogen) atoms. The average molecular weight is 214 g/mol. The molecule has 0 aliphatic heterocycles. The summed E-state index contributed by atoms with van der Waals surface area (Å²) in [5, 5.41) is 0. The van der Waals surface area contributed by atoms with E-state index < -0.39 is 19.5 Å². The molecule has 78 valence electrons. The minimum Gasteiger partial charge on any atom is -0.463 e. The van der Waals surface area contributed by atoms with Gasteiger partial charge < -0.3 is 13.8 Å². The molecule has 0 saturated carbocycles. The summed E-state index contributed by atoms with van der Waals surface area (Å²) < 4.78 is 37.1. The maximum Gasteiger partial charge on any atom is 0.375 e. The molecule has 0 saturated heterocycles. The zero-order chi connectivity index (χ0) is 10.5. The second-order valence-electron chi connectivity index (χ2n) is 1.99. The third-order valence-corrected chi connectivity index (χ3v) is 3.05. The Balaban J connectivity index is 4.46. The molecule has 5 nitrogen and oxygen atoms in total. The monoisotopic (exact) mass is 214 g/mol. The Morgan fingerprint density at radius 1 is 1.46 bits per heavy atom. The van der Waals surface area contributed by atoms with E-state index in [4.69, 9.17) is 0 Å². The van der Waals surface area contributed by atoms with Gasteiger partial charge in [-0.25, -0.2) is 9.18 Å². The van der Waals surface area contributed by atoms with E-state index in [0.29, 0.717) is 0 Å². The Bertz CT molecular complexity index is 211. The molecule has 0 aromatic rings. The van der Waals surface area contributed by atoms with Gasteiger partial charge in [0, 0.05) is 14.2 Å². The Labute approximate surface area is 75.7 Å². The van der Waals surface area contributed by atoms with Gasteiger partial charge in [0.05, 0.1) is 6.61 Å². The van der Waals surface area contributed by atoms with E-state index in [9.17, 15) is 13.8 Å². The lowest BCUT2D eigenvalue weighted by Gasteiger charge is -2.15. The van der Waals surface area contributed by atoms with E-state index in [0.717, 1.165) is 14.2 Å². The average Bonchev–Trinajstić information content (AvgIpc) is 2.16. The lowest BCUT2D eigenvalue weighted by Crippen LogP contribution is -2.20. The highest BCUT2D eigenvalue weighted by Crippen LogP contribution is 2.52. The van der Waals surface area contributed by atoms with Gasteiger partial charge in [-0.2, -0.15) is 0 Å². The number of alkyl halides is 1. The van der Waals surface area contributed by atoms with Crippen LogP contribution in [0.2, 0.25) is 0 Å². The number of hydrogen-bond acceptors (Lipinski definition) is 5. The van der Waals surface area contributed by atoms with Crippen LogP contribution in [0.3, 0.4) is 0 Å². The van der Waals surface area contributed by atoms with Crippen molar-refractivity contribution in [3.05, 3.63) is 0 Å². The number of carbonyl (C=O) groups excluding carboxylic acids is 1. The summed E-state index contributed by atoms with van der Waals surface area (Å²) in [5.74, 6) is -3.63. The van der Waals surface area contributed by atoms with Crippen molar-refractivity contribution < 1.29 is 27.5 Å². The molecule has 0 spiro atoms. The minimum absolute atomic E-state index is 0.00663. The van der Waals surface area contributed by atoms with Gasteiger partial charge in [0.2, 0.25) is 0 Å². The Morgan fingerprint density at radius 3 is 2.23 bits per heavy atom. The normalized spacial score (nSPS) is 13.8. The quantitative estimate of drug-likeness (QED) is 0.510. The predicted octanol–water partition coefficient (Wildman–Crippen LogP) is 1.33. The van der Waals surface area contributed by atoms with Gasteiger partial charge in [0.15, 0.2) is 0 Å². The minimum atomic E-state index is -4.00. The van der Waals surface area contributed by atoms with Gasteiger partial charge in [-0.05, 0) is 6.92 Å². The van der Waals surface area contributed by atoms with Gasteiger partial charge in [0.1, 0.15) is 0 Å². The molecule has 0 bridgehead atoms. The number of esters is 1. The highest BCUT2D eigenvalue weighted by molar-refractivity contribution is 7.55. The molecule has 1 atom stereocenters. The zero-order valence-electron chi connectivity index (χ0n) is 7.65. The van der Waals surface area contributed by atoms with E-state index >= 15 is 0 Å². The van der Waals surface area contributed by atoms with Crippen LogP contribution in [0.5, 0.6) is 0 Å².